The van der Waals surface area contributed by atoms with Gasteiger partial charge in [0, 0.05) is 30.8 Å². The van der Waals surface area contributed by atoms with Crippen LogP contribution in [-0.4, -0.2) is 23.1 Å². The van der Waals surface area contributed by atoms with Crippen LogP contribution in [0.2, 0.25) is 0 Å². The van der Waals surface area contributed by atoms with Gasteiger partial charge in [-0.05, 0) is 31.0 Å². The number of nitrogen functional groups attached to an aromatic ring is 1. The van der Waals surface area contributed by atoms with Crippen molar-refractivity contribution >= 4 is 11.8 Å². The van der Waals surface area contributed by atoms with E-state index in [1.165, 1.54) is 6.07 Å². The van der Waals surface area contributed by atoms with Crippen LogP contribution in [0.1, 0.15) is 23.6 Å². The molecule has 3 rings (SSSR count). The molecule has 1 aliphatic heterocycles. The zero-order valence-corrected chi connectivity index (χ0v) is 11.4. The molecule has 0 aliphatic carbocycles. The first kappa shape index (κ1) is 12.8. The van der Waals surface area contributed by atoms with E-state index >= 15 is 0 Å². The van der Waals surface area contributed by atoms with Crippen LogP contribution < -0.4 is 10.6 Å². The Morgan fingerprint density at radius 1 is 1.30 bits per heavy atom. The molecule has 0 bridgehead atoms. The largest absolute Gasteiger partial charge is 0.368 e. The van der Waals surface area contributed by atoms with E-state index in [-0.39, 0.29) is 5.82 Å². The van der Waals surface area contributed by atoms with Crippen LogP contribution in [0.25, 0.3) is 0 Å². The fraction of sp³-hybridized carbons (Fsp3) is 0.333. The Bertz CT molecular complexity index is 609. The summed E-state index contributed by atoms with van der Waals surface area (Å²) in [5.41, 5.74) is 7.60. The van der Waals surface area contributed by atoms with Crippen molar-refractivity contribution in [3.8, 4) is 0 Å². The number of nitrogens with zero attached hydrogens (tertiary/aromatic N) is 3. The summed E-state index contributed by atoms with van der Waals surface area (Å²) in [6, 6.07) is 8.78. The summed E-state index contributed by atoms with van der Waals surface area (Å²) in [5, 5.41) is 0. The standard InChI is InChI=1S/C15H17FN4/c1-10-7-14(19-15(17)18-10)20-6-5-12(9-20)11-3-2-4-13(16)8-11/h2-4,7-8,12H,5-6,9H2,1H3,(H2,17,18,19)/t12-/m0/s1. The zero-order valence-electron chi connectivity index (χ0n) is 11.4. The van der Waals surface area contributed by atoms with Crippen LogP contribution >= 0.6 is 0 Å². The molecule has 0 radical (unpaired) electrons. The quantitative estimate of drug-likeness (QED) is 0.912. The zero-order chi connectivity index (χ0) is 14.1. The predicted molar refractivity (Wildman–Crippen MR) is 77.2 cm³/mol. The molecule has 2 N–H and O–H groups in total. The molecule has 2 aromatic rings. The summed E-state index contributed by atoms with van der Waals surface area (Å²) in [6.07, 6.45) is 0.992. The minimum atomic E-state index is -0.178. The van der Waals surface area contributed by atoms with Gasteiger partial charge in [0.15, 0.2) is 0 Å². The molecule has 1 atom stereocenters. The van der Waals surface area contributed by atoms with E-state index in [0.717, 1.165) is 36.6 Å². The highest BCUT2D eigenvalue weighted by molar-refractivity contribution is 5.45. The first-order valence-electron chi connectivity index (χ1n) is 6.73. The number of halogens is 1. The Morgan fingerprint density at radius 3 is 2.90 bits per heavy atom. The normalized spacial score (nSPS) is 18.5. The molecule has 5 heteroatoms. The summed E-state index contributed by atoms with van der Waals surface area (Å²) < 4.78 is 13.3. The van der Waals surface area contributed by atoms with Gasteiger partial charge in [-0.15, -0.1) is 0 Å². The van der Waals surface area contributed by atoms with Crippen molar-refractivity contribution in [2.45, 2.75) is 19.3 Å². The summed E-state index contributed by atoms with van der Waals surface area (Å²) in [5.74, 6) is 1.31. The fourth-order valence-electron chi connectivity index (χ4n) is 2.74. The number of rotatable bonds is 2. The van der Waals surface area contributed by atoms with E-state index < -0.39 is 0 Å². The molecule has 4 nitrogen and oxygen atoms in total. The maximum atomic E-state index is 13.3. The molecule has 0 spiro atoms. The Hall–Kier alpha value is -2.17. The van der Waals surface area contributed by atoms with Crippen LogP contribution in [-0.2, 0) is 0 Å². The highest BCUT2D eigenvalue weighted by atomic mass is 19.1. The van der Waals surface area contributed by atoms with Crippen LogP contribution in [0.3, 0.4) is 0 Å². The number of benzene rings is 1. The minimum absolute atomic E-state index is 0.178. The van der Waals surface area contributed by atoms with Crippen molar-refractivity contribution < 1.29 is 4.39 Å². The highest BCUT2D eigenvalue weighted by Gasteiger charge is 2.25. The monoisotopic (exact) mass is 272 g/mol. The van der Waals surface area contributed by atoms with Crippen molar-refractivity contribution in [1.29, 1.82) is 0 Å². The molecule has 0 saturated carbocycles. The lowest BCUT2D eigenvalue weighted by atomic mass is 9.98. The van der Waals surface area contributed by atoms with Gasteiger partial charge in [-0.2, -0.15) is 4.98 Å². The van der Waals surface area contributed by atoms with Gasteiger partial charge in [-0.25, -0.2) is 9.37 Å². The van der Waals surface area contributed by atoms with Crippen molar-refractivity contribution in [3.05, 3.63) is 47.4 Å². The number of anilines is 2. The molecule has 1 aromatic heterocycles. The molecule has 2 heterocycles. The number of aryl methyl sites for hydroxylation is 1. The van der Waals surface area contributed by atoms with Crippen LogP contribution in [0.15, 0.2) is 30.3 Å². The summed E-state index contributed by atoms with van der Waals surface area (Å²) in [7, 11) is 0. The molecule has 104 valence electrons. The third-order valence-electron chi connectivity index (χ3n) is 3.69. The van der Waals surface area contributed by atoms with E-state index in [1.54, 1.807) is 12.1 Å². The Labute approximate surface area is 117 Å². The maximum Gasteiger partial charge on any atom is 0.222 e. The van der Waals surface area contributed by atoms with Crippen LogP contribution in [0.4, 0.5) is 16.2 Å². The number of nitrogens with two attached hydrogens (primary N) is 1. The van der Waals surface area contributed by atoms with E-state index in [9.17, 15) is 4.39 Å². The number of aromatic nitrogens is 2. The van der Waals surface area contributed by atoms with E-state index in [4.69, 9.17) is 5.73 Å². The second kappa shape index (κ2) is 5.07. The Balaban J connectivity index is 1.79. The molecular formula is C15H17FN4. The van der Waals surface area contributed by atoms with Gasteiger partial charge in [-0.3, -0.25) is 0 Å². The molecule has 20 heavy (non-hydrogen) atoms. The SMILES string of the molecule is Cc1cc(N2CC[C@H](c3cccc(F)c3)C2)nc(N)n1. The van der Waals surface area contributed by atoms with E-state index in [2.05, 4.69) is 14.9 Å². The average Bonchev–Trinajstić information content (AvgIpc) is 2.87. The maximum absolute atomic E-state index is 13.3. The molecule has 1 saturated heterocycles. The van der Waals surface area contributed by atoms with Gasteiger partial charge in [0.1, 0.15) is 11.6 Å². The number of hydrogen-bond acceptors (Lipinski definition) is 4. The van der Waals surface area contributed by atoms with Crippen LogP contribution in [0.5, 0.6) is 0 Å². The third-order valence-corrected chi connectivity index (χ3v) is 3.69. The molecule has 0 amide bonds. The first-order valence-corrected chi connectivity index (χ1v) is 6.73. The van der Waals surface area contributed by atoms with Gasteiger partial charge in [0.05, 0.1) is 0 Å². The van der Waals surface area contributed by atoms with Gasteiger partial charge in [0.25, 0.3) is 0 Å². The Kier molecular flexibility index (Phi) is 3.26. The second-order valence-electron chi connectivity index (χ2n) is 5.21. The minimum Gasteiger partial charge on any atom is -0.368 e. The average molecular weight is 272 g/mol. The summed E-state index contributed by atoms with van der Waals surface area (Å²) >= 11 is 0. The lowest BCUT2D eigenvalue weighted by molar-refractivity contribution is 0.621. The van der Waals surface area contributed by atoms with Crippen molar-refractivity contribution in [1.82, 2.24) is 9.97 Å². The van der Waals surface area contributed by atoms with Gasteiger partial charge in [-0.1, -0.05) is 12.1 Å². The van der Waals surface area contributed by atoms with E-state index in [0.29, 0.717) is 11.9 Å². The van der Waals surface area contributed by atoms with Gasteiger partial charge >= 0.3 is 0 Å². The van der Waals surface area contributed by atoms with E-state index in [1.807, 2.05) is 19.1 Å². The predicted octanol–water partition coefficient (Wildman–Crippen LogP) is 2.50. The topological polar surface area (TPSA) is 55.0 Å². The summed E-state index contributed by atoms with van der Waals surface area (Å²) in [4.78, 5) is 10.5. The molecule has 1 aliphatic rings. The van der Waals surface area contributed by atoms with Crippen molar-refractivity contribution in [2.75, 3.05) is 23.7 Å². The van der Waals surface area contributed by atoms with Crippen molar-refractivity contribution in [3.63, 3.8) is 0 Å². The van der Waals surface area contributed by atoms with Gasteiger partial charge in [0.2, 0.25) is 5.95 Å². The molecule has 1 fully saturated rings. The Morgan fingerprint density at radius 2 is 2.15 bits per heavy atom. The second-order valence-corrected chi connectivity index (χ2v) is 5.21. The molecule has 0 unspecified atom stereocenters. The lowest BCUT2D eigenvalue weighted by Crippen LogP contribution is -2.21. The smallest absolute Gasteiger partial charge is 0.222 e. The highest BCUT2D eigenvalue weighted by Crippen LogP contribution is 2.30. The summed E-state index contributed by atoms with van der Waals surface area (Å²) in [6.45, 7) is 3.64. The first-order chi connectivity index (χ1) is 9.61. The molecular weight excluding hydrogens is 255 g/mol. The fourth-order valence-corrected chi connectivity index (χ4v) is 2.74. The number of hydrogen-bond donors (Lipinski definition) is 1. The third kappa shape index (κ3) is 2.57. The molecule has 1 aromatic carbocycles. The van der Waals surface area contributed by atoms with Crippen LogP contribution in [0, 0.1) is 12.7 Å². The van der Waals surface area contributed by atoms with Crippen molar-refractivity contribution in [2.24, 2.45) is 0 Å². The van der Waals surface area contributed by atoms with Gasteiger partial charge < -0.3 is 10.6 Å². The lowest BCUT2D eigenvalue weighted by Gasteiger charge is -2.18.